The molecule has 0 spiro atoms. The van der Waals surface area contributed by atoms with Crippen molar-refractivity contribution in [3.8, 4) is 29.4 Å². The number of ether oxygens (including phenoxy) is 3. The summed E-state index contributed by atoms with van der Waals surface area (Å²) >= 11 is 0. The van der Waals surface area contributed by atoms with Gasteiger partial charge in [0.2, 0.25) is 0 Å². The van der Waals surface area contributed by atoms with Gasteiger partial charge >= 0.3 is 0 Å². The van der Waals surface area contributed by atoms with Gasteiger partial charge in [-0.2, -0.15) is 10.5 Å². The van der Waals surface area contributed by atoms with Crippen molar-refractivity contribution in [2.75, 3.05) is 27.9 Å². The SMILES string of the molecule is COc1ccc([C@@H]2C(C#N)=C(N)N3CCc4cc(OC)c(OC)cc4C3=C2C#N)cc1. The van der Waals surface area contributed by atoms with Crippen molar-refractivity contribution in [2.45, 2.75) is 12.3 Å². The van der Waals surface area contributed by atoms with Gasteiger partial charge in [-0.3, -0.25) is 0 Å². The fourth-order valence-electron chi connectivity index (χ4n) is 4.31. The number of hydrogen-bond donors (Lipinski definition) is 1. The summed E-state index contributed by atoms with van der Waals surface area (Å²) in [6.07, 6.45) is 0.699. The highest BCUT2D eigenvalue weighted by atomic mass is 16.5. The molecule has 7 heteroatoms. The van der Waals surface area contributed by atoms with Crippen LogP contribution in [0.4, 0.5) is 0 Å². The third kappa shape index (κ3) is 3.12. The van der Waals surface area contributed by atoms with E-state index in [2.05, 4.69) is 12.1 Å². The molecule has 156 valence electrons. The fraction of sp³-hybridized carbons (Fsp3) is 0.250. The van der Waals surface area contributed by atoms with E-state index in [0.717, 1.165) is 16.7 Å². The molecule has 0 aromatic heterocycles. The maximum absolute atomic E-state index is 10.2. The quantitative estimate of drug-likeness (QED) is 0.818. The van der Waals surface area contributed by atoms with E-state index < -0.39 is 5.92 Å². The van der Waals surface area contributed by atoms with Crippen molar-refractivity contribution in [1.82, 2.24) is 4.90 Å². The Hall–Kier alpha value is -4.10. The minimum absolute atomic E-state index is 0.370. The Morgan fingerprint density at radius 2 is 1.58 bits per heavy atom. The van der Waals surface area contributed by atoms with Gasteiger partial charge in [-0.1, -0.05) is 12.1 Å². The van der Waals surface area contributed by atoms with Crippen molar-refractivity contribution in [3.05, 3.63) is 70.1 Å². The molecule has 0 unspecified atom stereocenters. The maximum Gasteiger partial charge on any atom is 0.161 e. The van der Waals surface area contributed by atoms with Crippen LogP contribution in [0, 0.1) is 22.7 Å². The standard InChI is InChI=1S/C24H22N4O3/c1-29-16-6-4-14(5-7-16)22-18(12-25)23-17-11-21(31-3)20(30-2)10-15(17)8-9-28(23)24(27)19(22)13-26/h4-7,10-11,22H,8-9,27H2,1-3H3/t22-/m0/s1. The van der Waals surface area contributed by atoms with E-state index in [1.807, 2.05) is 41.3 Å². The molecule has 2 aromatic carbocycles. The van der Waals surface area contributed by atoms with Gasteiger partial charge in [-0.15, -0.1) is 0 Å². The average molecular weight is 414 g/mol. The van der Waals surface area contributed by atoms with Crippen molar-refractivity contribution in [3.63, 3.8) is 0 Å². The zero-order valence-corrected chi connectivity index (χ0v) is 17.6. The smallest absolute Gasteiger partial charge is 0.161 e. The second-order valence-corrected chi connectivity index (χ2v) is 7.26. The number of allylic oxidation sites excluding steroid dienone is 2. The lowest BCUT2D eigenvalue weighted by atomic mass is 9.78. The number of nitrogens with zero attached hydrogens (tertiary/aromatic N) is 3. The van der Waals surface area contributed by atoms with E-state index in [0.29, 0.717) is 52.9 Å². The lowest BCUT2D eigenvalue weighted by molar-refractivity contribution is 0.353. The van der Waals surface area contributed by atoms with Crippen LogP contribution in [0.3, 0.4) is 0 Å². The predicted octanol–water partition coefficient (Wildman–Crippen LogP) is 3.30. The lowest BCUT2D eigenvalue weighted by Gasteiger charge is -2.40. The molecule has 0 saturated carbocycles. The molecule has 0 bridgehead atoms. The second kappa shape index (κ2) is 7.97. The third-order valence-corrected chi connectivity index (χ3v) is 5.83. The molecule has 2 aliphatic heterocycles. The van der Waals surface area contributed by atoms with Crippen LogP contribution in [0.1, 0.15) is 22.6 Å². The fourth-order valence-corrected chi connectivity index (χ4v) is 4.31. The Morgan fingerprint density at radius 3 is 2.16 bits per heavy atom. The van der Waals surface area contributed by atoms with E-state index in [9.17, 15) is 10.5 Å². The molecule has 2 heterocycles. The first-order valence-electron chi connectivity index (χ1n) is 9.78. The number of fused-ring (bicyclic) bond motifs is 3. The first kappa shape index (κ1) is 20.2. The molecule has 0 aliphatic carbocycles. The highest BCUT2D eigenvalue weighted by Crippen LogP contribution is 2.47. The van der Waals surface area contributed by atoms with Gasteiger partial charge in [0, 0.05) is 12.1 Å². The second-order valence-electron chi connectivity index (χ2n) is 7.26. The van der Waals surface area contributed by atoms with Crippen LogP contribution in [0.2, 0.25) is 0 Å². The monoisotopic (exact) mass is 414 g/mol. The zero-order chi connectivity index (χ0) is 22.1. The summed E-state index contributed by atoms with van der Waals surface area (Å²) in [7, 11) is 4.77. The first-order chi connectivity index (χ1) is 15.1. The summed E-state index contributed by atoms with van der Waals surface area (Å²) in [5, 5.41) is 20.2. The Morgan fingerprint density at radius 1 is 0.935 bits per heavy atom. The predicted molar refractivity (Wildman–Crippen MR) is 115 cm³/mol. The van der Waals surface area contributed by atoms with E-state index in [1.54, 1.807) is 21.3 Å². The molecule has 2 aliphatic rings. The van der Waals surface area contributed by atoms with Crippen LogP contribution < -0.4 is 19.9 Å². The Labute approximate surface area is 181 Å². The summed E-state index contributed by atoms with van der Waals surface area (Å²) in [6, 6.07) is 15.8. The van der Waals surface area contributed by atoms with Crippen LogP contribution >= 0.6 is 0 Å². The molecule has 31 heavy (non-hydrogen) atoms. The number of rotatable bonds is 4. The summed E-state index contributed by atoms with van der Waals surface area (Å²) in [4.78, 5) is 1.87. The number of methoxy groups -OCH3 is 3. The number of nitrogens with two attached hydrogens (primary N) is 1. The largest absolute Gasteiger partial charge is 0.497 e. The van der Waals surface area contributed by atoms with Crippen LogP contribution in [-0.2, 0) is 6.42 Å². The molecule has 0 amide bonds. The molecule has 7 nitrogen and oxygen atoms in total. The highest BCUT2D eigenvalue weighted by molar-refractivity contribution is 5.81. The van der Waals surface area contributed by atoms with Gasteiger partial charge in [-0.25, -0.2) is 0 Å². The number of benzene rings is 2. The van der Waals surface area contributed by atoms with Crippen molar-refractivity contribution in [2.24, 2.45) is 5.73 Å². The van der Waals surface area contributed by atoms with Gasteiger partial charge in [0.1, 0.15) is 11.6 Å². The molecule has 0 fully saturated rings. The maximum atomic E-state index is 10.2. The van der Waals surface area contributed by atoms with Gasteiger partial charge in [0.05, 0.1) is 56.2 Å². The Kier molecular flexibility index (Phi) is 5.19. The molecule has 2 aromatic rings. The summed E-state index contributed by atoms with van der Waals surface area (Å²) in [5.74, 6) is 1.71. The molecule has 2 N–H and O–H groups in total. The van der Waals surface area contributed by atoms with Crippen molar-refractivity contribution >= 4 is 5.70 Å². The van der Waals surface area contributed by atoms with Gasteiger partial charge < -0.3 is 24.8 Å². The van der Waals surface area contributed by atoms with E-state index in [4.69, 9.17) is 19.9 Å². The summed E-state index contributed by atoms with van der Waals surface area (Å²) in [6.45, 7) is 0.565. The average Bonchev–Trinajstić information content (AvgIpc) is 2.82. The minimum atomic E-state index is -0.564. The molecular weight excluding hydrogens is 392 g/mol. The summed E-state index contributed by atoms with van der Waals surface area (Å²) in [5.41, 5.74) is 10.7. The minimum Gasteiger partial charge on any atom is -0.497 e. The van der Waals surface area contributed by atoms with Crippen molar-refractivity contribution < 1.29 is 14.2 Å². The highest BCUT2D eigenvalue weighted by Gasteiger charge is 2.38. The Balaban J connectivity index is 1.98. The molecule has 1 atom stereocenters. The van der Waals surface area contributed by atoms with E-state index in [-0.39, 0.29) is 0 Å². The van der Waals surface area contributed by atoms with Crippen LogP contribution in [0.15, 0.2) is 53.4 Å². The summed E-state index contributed by atoms with van der Waals surface area (Å²) < 4.78 is 16.2. The van der Waals surface area contributed by atoms with E-state index in [1.165, 1.54) is 0 Å². The topological polar surface area (TPSA) is 105 Å². The van der Waals surface area contributed by atoms with Crippen LogP contribution in [0.25, 0.3) is 5.70 Å². The van der Waals surface area contributed by atoms with Gasteiger partial charge in [-0.05, 0) is 41.8 Å². The number of nitriles is 2. The third-order valence-electron chi connectivity index (χ3n) is 5.83. The Bertz CT molecular complexity index is 1180. The van der Waals surface area contributed by atoms with Crippen LogP contribution in [0.5, 0.6) is 17.2 Å². The molecular formula is C24H22N4O3. The van der Waals surface area contributed by atoms with Gasteiger partial charge in [0.15, 0.2) is 11.5 Å². The number of hydrogen-bond acceptors (Lipinski definition) is 7. The molecule has 0 saturated heterocycles. The first-order valence-corrected chi connectivity index (χ1v) is 9.78. The molecule has 4 rings (SSSR count). The van der Waals surface area contributed by atoms with Crippen molar-refractivity contribution in [1.29, 1.82) is 10.5 Å². The zero-order valence-electron chi connectivity index (χ0n) is 17.6. The van der Waals surface area contributed by atoms with E-state index >= 15 is 0 Å². The molecule has 0 radical (unpaired) electrons. The van der Waals surface area contributed by atoms with Crippen LogP contribution in [-0.4, -0.2) is 32.8 Å². The normalized spacial score (nSPS) is 17.3. The van der Waals surface area contributed by atoms with Gasteiger partial charge in [0.25, 0.3) is 0 Å². The lowest BCUT2D eigenvalue weighted by Crippen LogP contribution is -2.38.